The average Bonchev–Trinajstić information content (AvgIpc) is 2.53. The quantitative estimate of drug-likeness (QED) is 0.925. The summed E-state index contributed by atoms with van der Waals surface area (Å²) in [6, 6.07) is 14.7. The molecule has 0 unspecified atom stereocenters. The van der Waals surface area contributed by atoms with Crippen LogP contribution in [-0.4, -0.2) is 21.6 Å². The van der Waals surface area contributed by atoms with Crippen molar-refractivity contribution in [3.8, 4) is 5.75 Å². The number of benzene rings is 2. The van der Waals surface area contributed by atoms with Crippen LogP contribution in [0.15, 0.2) is 48.5 Å². The van der Waals surface area contributed by atoms with Gasteiger partial charge in [0.1, 0.15) is 12.4 Å². The monoisotopic (exact) mass is 346 g/mol. The summed E-state index contributed by atoms with van der Waals surface area (Å²) < 4.78 is 35.6. The lowest BCUT2D eigenvalue weighted by Crippen LogP contribution is -2.41. The Bertz CT molecular complexity index is 841. The molecule has 0 bridgehead atoms. The lowest BCUT2D eigenvalue weighted by atomic mass is 9.86. The SMILES string of the molecule is CC(C)(C)c1ccccc1NS(=O)(=O)N1CCOc2ccccc21. The summed E-state index contributed by atoms with van der Waals surface area (Å²) in [5, 5.41) is 0. The number of nitrogens with zero attached hydrogens (tertiary/aromatic N) is 1. The third-order valence-corrected chi connectivity index (χ3v) is 5.39. The molecule has 1 heterocycles. The van der Waals surface area contributed by atoms with E-state index in [1.54, 1.807) is 24.3 Å². The van der Waals surface area contributed by atoms with Crippen LogP contribution in [0, 0.1) is 0 Å². The maximum absolute atomic E-state index is 13.0. The smallest absolute Gasteiger partial charge is 0.324 e. The van der Waals surface area contributed by atoms with Crippen LogP contribution in [0.2, 0.25) is 0 Å². The van der Waals surface area contributed by atoms with E-state index in [4.69, 9.17) is 4.74 Å². The van der Waals surface area contributed by atoms with Crippen LogP contribution >= 0.6 is 0 Å². The van der Waals surface area contributed by atoms with Crippen molar-refractivity contribution in [3.05, 3.63) is 54.1 Å². The largest absolute Gasteiger partial charge is 0.489 e. The van der Waals surface area contributed by atoms with Crippen molar-refractivity contribution >= 4 is 21.6 Å². The molecule has 0 amide bonds. The number of para-hydroxylation sites is 3. The van der Waals surface area contributed by atoms with Crippen LogP contribution in [0.1, 0.15) is 26.3 Å². The number of hydrogen-bond acceptors (Lipinski definition) is 3. The molecule has 1 aliphatic heterocycles. The van der Waals surface area contributed by atoms with Gasteiger partial charge in [0, 0.05) is 0 Å². The van der Waals surface area contributed by atoms with Crippen LogP contribution < -0.4 is 13.8 Å². The van der Waals surface area contributed by atoms with Gasteiger partial charge in [0.2, 0.25) is 0 Å². The van der Waals surface area contributed by atoms with E-state index in [0.29, 0.717) is 23.7 Å². The van der Waals surface area contributed by atoms with Gasteiger partial charge < -0.3 is 4.74 Å². The normalized spacial score (nSPS) is 14.7. The number of fused-ring (bicyclic) bond motifs is 1. The second kappa shape index (κ2) is 6.02. The summed E-state index contributed by atoms with van der Waals surface area (Å²) in [4.78, 5) is 0. The molecule has 0 saturated heterocycles. The predicted molar refractivity (Wildman–Crippen MR) is 97.0 cm³/mol. The molecule has 128 valence electrons. The zero-order valence-corrected chi connectivity index (χ0v) is 14.9. The molecule has 5 nitrogen and oxygen atoms in total. The highest BCUT2D eigenvalue weighted by atomic mass is 32.2. The van der Waals surface area contributed by atoms with E-state index in [1.165, 1.54) is 4.31 Å². The zero-order valence-electron chi connectivity index (χ0n) is 14.1. The van der Waals surface area contributed by atoms with Crippen molar-refractivity contribution in [2.75, 3.05) is 22.2 Å². The average molecular weight is 346 g/mol. The molecule has 0 atom stereocenters. The molecule has 0 saturated carbocycles. The fourth-order valence-electron chi connectivity index (χ4n) is 2.81. The van der Waals surface area contributed by atoms with Gasteiger partial charge in [-0.1, -0.05) is 51.1 Å². The van der Waals surface area contributed by atoms with Crippen LogP contribution in [0.5, 0.6) is 5.75 Å². The molecule has 1 N–H and O–H groups in total. The first-order valence-electron chi connectivity index (χ1n) is 7.91. The zero-order chi connectivity index (χ0) is 17.4. The molecule has 1 aliphatic rings. The number of hydrogen-bond donors (Lipinski definition) is 1. The first kappa shape index (κ1) is 16.6. The van der Waals surface area contributed by atoms with E-state index in [-0.39, 0.29) is 12.0 Å². The highest BCUT2D eigenvalue weighted by Crippen LogP contribution is 2.35. The van der Waals surface area contributed by atoms with Gasteiger partial charge in [0.15, 0.2) is 0 Å². The van der Waals surface area contributed by atoms with Gasteiger partial charge in [-0.3, -0.25) is 4.72 Å². The van der Waals surface area contributed by atoms with Gasteiger partial charge in [-0.15, -0.1) is 0 Å². The van der Waals surface area contributed by atoms with Gasteiger partial charge in [0.05, 0.1) is 17.9 Å². The molecule has 0 fully saturated rings. The topological polar surface area (TPSA) is 58.6 Å². The van der Waals surface area contributed by atoms with E-state index in [1.807, 2.05) is 24.3 Å². The number of ether oxygens (including phenoxy) is 1. The predicted octanol–water partition coefficient (Wildman–Crippen LogP) is 3.54. The van der Waals surface area contributed by atoms with E-state index < -0.39 is 10.2 Å². The Labute approximate surface area is 143 Å². The molecule has 0 aliphatic carbocycles. The van der Waals surface area contributed by atoms with Crippen molar-refractivity contribution in [1.29, 1.82) is 0 Å². The first-order chi connectivity index (χ1) is 11.3. The van der Waals surface area contributed by atoms with Crippen molar-refractivity contribution in [3.63, 3.8) is 0 Å². The molecule has 0 aromatic heterocycles. The number of anilines is 2. The third kappa shape index (κ3) is 3.19. The van der Waals surface area contributed by atoms with E-state index >= 15 is 0 Å². The molecule has 3 rings (SSSR count). The van der Waals surface area contributed by atoms with E-state index in [9.17, 15) is 8.42 Å². The minimum Gasteiger partial charge on any atom is -0.489 e. The second-order valence-electron chi connectivity index (χ2n) is 6.79. The molecular weight excluding hydrogens is 324 g/mol. The van der Waals surface area contributed by atoms with Crippen LogP contribution in [-0.2, 0) is 15.6 Å². The second-order valence-corrected chi connectivity index (χ2v) is 8.39. The summed E-state index contributed by atoms with van der Waals surface area (Å²) >= 11 is 0. The Morgan fingerprint density at radius 1 is 1.04 bits per heavy atom. The number of nitrogens with one attached hydrogen (secondary N) is 1. The van der Waals surface area contributed by atoms with Crippen LogP contribution in [0.3, 0.4) is 0 Å². The van der Waals surface area contributed by atoms with Crippen molar-refractivity contribution in [1.82, 2.24) is 0 Å². The molecule has 0 radical (unpaired) electrons. The summed E-state index contributed by atoms with van der Waals surface area (Å²) in [6.07, 6.45) is 0. The highest BCUT2D eigenvalue weighted by molar-refractivity contribution is 7.94. The first-order valence-corrected chi connectivity index (χ1v) is 9.35. The Hall–Kier alpha value is -2.21. The Morgan fingerprint density at radius 3 is 2.46 bits per heavy atom. The van der Waals surface area contributed by atoms with Gasteiger partial charge in [-0.2, -0.15) is 8.42 Å². The molecule has 24 heavy (non-hydrogen) atoms. The fraction of sp³-hybridized carbons (Fsp3) is 0.333. The number of rotatable bonds is 3. The van der Waals surface area contributed by atoms with Gasteiger partial charge in [-0.05, 0) is 29.2 Å². The summed E-state index contributed by atoms with van der Waals surface area (Å²) in [7, 11) is -3.73. The van der Waals surface area contributed by atoms with Crippen molar-refractivity contribution < 1.29 is 13.2 Å². The minimum atomic E-state index is -3.73. The maximum atomic E-state index is 13.0. The van der Waals surface area contributed by atoms with Gasteiger partial charge in [0.25, 0.3) is 0 Å². The summed E-state index contributed by atoms with van der Waals surface area (Å²) in [6.45, 7) is 6.79. The van der Waals surface area contributed by atoms with Crippen molar-refractivity contribution in [2.45, 2.75) is 26.2 Å². The Balaban J connectivity index is 1.97. The van der Waals surface area contributed by atoms with Gasteiger partial charge in [-0.25, -0.2) is 4.31 Å². The fourth-order valence-corrected chi connectivity index (χ4v) is 4.10. The Morgan fingerprint density at radius 2 is 1.71 bits per heavy atom. The van der Waals surface area contributed by atoms with E-state index in [0.717, 1.165) is 5.56 Å². The molecule has 0 spiro atoms. The third-order valence-electron chi connectivity index (χ3n) is 3.95. The summed E-state index contributed by atoms with van der Waals surface area (Å²) in [5.41, 5.74) is 1.95. The molecule has 2 aromatic rings. The van der Waals surface area contributed by atoms with Gasteiger partial charge >= 0.3 is 10.2 Å². The van der Waals surface area contributed by atoms with Crippen LogP contribution in [0.25, 0.3) is 0 Å². The molecule has 6 heteroatoms. The molecule has 2 aromatic carbocycles. The van der Waals surface area contributed by atoms with Crippen molar-refractivity contribution in [2.24, 2.45) is 0 Å². The lowest BCUT2D eigenvalue weighted by molar-refractivity contribution is 0.316. The van der Waals surface area contributed by atoms with E-state index in [2.05, 4.69) is 25.5 Å². The van der Waals surface area contributed by atoms with Crippen LogP contribution in [0.4, 0.5) is 11.4 Å². The lowest BCUT2D eigenvalue weighted by Gasteiger charge is -2.31. The summed E-state index contributed by atoms with van der Waals surface area (Å²) in [5.74, 6) is 0.582. The minimum absolute atomic E-state index is 0.165. The standard InChI is InChI=1S/C18H22N2O3S/c1-18(2,3)14-8-4-5-9-15(14)19-24(21,22)20-12-13-23-17-11-7-6-10-16(17)20/h4-11,19H,12-13H2,1-3H3. The Kier molecular flexibility index (Phi) is 4.17. The highest BCUT2D eigenvalue weighted by Gasteiger charge is 2.29. The molecular formula is C18H22N2O3S. The maximum Gasteiger partial charge on any atom is 0.324 e.